The molecule has 1 aromatic rings. The number of rotatable bonds is 13. The Morgan fingerprint density at radius 2 is 1.28 bits per heavy atom. The highest BCUT2D eigenvalue weighted by Gasteiger charge is 2.22. The molecule has 0 aliphatic heterocycles. The van der Waals surface area contributed by atoms with Gasteiger partial charge in [-0.05, 0) is 92.7 Å². The number of unbranched alkanes of at least 4 members (excludes halogenated alkanes) is 4. The minimum Gasteiger partial charge on any atom is -0.490 e. The van der Waals surface area contributed by atoms with Gasteiger partial charge in [-0.25, -0.2) is 0 Å². The number of benzene rings is 1. The van der Waals surface area contributed by atoms with Crippen molar-refractivity contribution in [3.8, 4) is 5.75 Å². The van der Waals surface area contributed by atoms with Crippen molar-refractivity contribution in [3.63, 3.8) is 0 Å². The number of hydrogen-bond donors (Lipinski definition) is 0. The van der Waals surface area contributed by atoms with Gasteiger partial charge in [0.05, 0.1) is 0 Å². The molecule has 0 amide bonds. The Bertz CT molecular complexity index is 614. The van der Waals surface area contributed by atoms with E-state index in [1.54, 1.807) is 0 Å². The minimum atomic E-state index is 0.707. The molecule has 0 atom stereocenters. The van der Waals surface area contributed by atoms with E-state index in [1.807, 2.05) is 0 Å². The summed E-state index contributed by atoms with van der Waals surface area (Å²) in [4.78, 5) is 0. The minimum absolute atomic E-state index is 0.707. The largest absolute Gasteiger partial charge is 0.490 e. The van der Waals surface area contributed by atoms with Crippen LogP contribution >= 0.6 is 0 Å². The summed E-state index contributed by atoms with van der Waals surface area (Å²) in [5.41, 5.74) is 1.52. The molecular weight excluding hydrogens is 388 g/mol. The van der Waals surface area contributed by atoms with Crippen LogP contribution in [0.1, 0.15) is 128 Å². The van der Waals surface area contributed by atoms with Gasteiger partial charge in [-0.3, -0.25) is 0 Å². The third-order valence-corrected chi connectivity index (χ3v) is 8.28. The SMILES string of the molecule is CCCCC[C@H]1CC[C@H](/C=C/COc2ccc([C@H]3CC[C@H](CCCCC)CC3)cc2)CC1. The first-order valence-corrected chi connectivity index (χ1v) is 14.2. The van der Waals surface area contributed by atoms with E-state index in [2.05, 4.69) is 50.3 Å². The Morgan fingerprint density at radius 3 is 1.84 bits per heavy atom. The molecule has 1 nitrogen and oxygen atoms in total. The molecule has 0 unspecified atom stereocenters. The Morgan fingerprint density at radius 1 is 0.719 bits per heavy atom. The first kappa shape index (κ1) is 25.4. The number of allylic oxidation sites excluding steroid dienone is 1. The average molecular weight is 439 g/mol. The maximum Gasteiger partial charge on any atom is 0.119 e. The Balaban J connectivity index is 1.30. The fraction of sp³-hybridized carbons (Fsp3) is 0.742. The first-order valence-electron chi connectivity index (χ1n) is 14.2. The summed E-state index contributed by atoms with van der Waals surface area (Å²) in [5.74, 6) is 4.55. The van der Waals surface area contributed by atoms with Gasteiger partial charge in [-0.15, -0.1) is 0 Å². The van der Waals surface area contributed by atoms with Gasteiger partial charge in [0.15, 0.2) is 0 Å². The van der Waals surface area contributed by atoms with Crippen molar-refractivity contribution in [1.82, 2.24) is 0 Å². The monoisotopic (exact) mass is 438 g/mol. The Kier molecular flexibility index (Phi) is 11.8. The van der Waals surface area contributed by atoms with Crippen LogP contribution in [0.15, 0.2) is 36.4 Å². The molecule has 0 saturated heterocycles. The van der Waals surface area contributed by atoms with Gasteiger partial charge in [0.25, 0.3) is 0 Å². The zero-order valence-electron chi connectivity index (χ0n) is 21.2. The lowest BCUT2D eigenvalue weighted by atomic mass is 9.77. The smallest absolute Gasteiger partial charge is 0.119 e. The molecule has 2 saturated carbocycles. The zero-order valence-corrected chi connectivity index (χ0v) is 21.2. The van der Waals surface area contributed by atoms with Crippen LogP contribution in [0, 0.1) is 17.8 Å². The lowest BCUT2D eigenvalue weighted by Gasteiger charge is -2.29. The quantitative estimate of drug-likeness (QED) is 0.220. The van der Waals surface area contributed by atoms with E-state index in [9.17, 15) is 0 Å². The molecule has 1 heteroatoms. The van der Waals surface area contributed by atoms with E-state index in [1.165, 1.54) is 108 Å². The van der Waals surface area contributed by atoms with Gasteiger partial charge in [-0.2, -0.15) is 0 Å². The zero-order chi connectivity index (χ0) is 22.4. The second kappa shape index (κ2) is 14.8. The molecule has 2 aliphatic rings. The maximum absolute atomic E-state index is 6.01. The predicted molar refractivity (Wildman–Crippen MR) is 140 cm³/mol. The third-order valence-electron chi connectivity index (χ3n) is 8.28. The van der Waals surface area contributed by atoms with Crippen molar-refractivity contribution in [2.45, 2.75) is 122 Å². The van der Waals surface area contributed by atoms with Gasteiger partial charge >= 0.3 is 0 Å². The fourth-order valence-corrected chi connectivity index (χ4v) is 6.05. The van der Waals surface area contributed by atoms with Crippen LogP contribution < -0.4 is 4.74 Å². The molecule has 2 fully saturated rings. The van der Waals surface area contributed by atoms with Gasteiger partial charge in [0, 0.05) is 0 Å². The van der Waals surface area contributed by atoms with Crippen LogP contribution in [0.4, 0.5) is 0 Å². The standard InChI is InChI=1S/C31H50O/c1-3-5-7-10-26-13-15-28(16-14-26)12-9-25-32-31-23-21-30(22-24-31)29-19-17-27(18-20-29)11-8-6-4-2/h9,12,21-24,26-29H,3-8,10-11,13-20,25H2,1-2H3/b12-9+/t26-,27-,28-,29-. The van der Waals surface area contributed by atoms with Crippen molar-refractivity contribution in [3.05, 3.63) is 42.0 Å². The lowest BCUT2D eigenvalue weighted by molar-refractivity contribution is 0.288. The molecule has 1 aromatic carbocycles. The highest BCUT2D eigenvalue weighted by atomic mass is 16.5. The van der Waals surface area contributed by atoms with Crippen molar-refractivity contribution < 1.29 is 4.74 Å². The summed E-state index contributed by atoms with van der Waals surface area (Å²) in [5, 5.41) is 0. The molecule has 32 heavy (non-hydrogen) atoms. The van der Waals surface area contributed by atoms with Crippen LogP contribution in [-0.4, -0.2) is 6.61 Å². The molecule has 0 N–H and O–H groups in total. The molecule has 0 bridgehead atoms. The van der Waals surface area contributed by atoms with Crippen molar-refractivity contribution in [2.75, 3.05) is 6.61 Å². The summed E-state index contributed by atoms with van der Waals surface area (Å²) in [6, 6.07) is 9.03. The van der Waals surface area contributed by atoms with Crippen LogP contribution in [0.2, 0.25) is 0 Å². The summed E-state index contributed by atoms with van der Waals surface area (Å²) in [6.07, 6.45) is 27.2. The summed E-state index contributed by atoms with van der Waals surface area (Å²) < 4.78 is 6.01. The summed E-state index contributed by atoms with van der Waals surface area (Å²) in [6.45, 7) is 5.32. The van der Waals surface area contributed by atoms with Gasteiger partial charge in [-0.1, -0.05) is 89.5 Å². The van der Waals surface area contributed by atoms with E-state index in [4.69, 9.17) is 4.74 Å². The average Bonchev–Trinajstić information content (AvgIpc) is 2.84. The molecule has 0 aromatic heterocycles. The van der Waals surface area contributed by atoms with E-state index in [0.29, 0.717) is 6.61 Å². The Hall–Kier alpha value is -1.24. The van der Waals surface area contributed by atoms with E-state index in [0.717, 1.165) is 29.4 Å². The molecule has 0 spiro atoms. The van der Waals surface area contributed by atoms with E-state index in [-0.39, 0.29) is 0 Å². The van der Waals surface area contributed by atoms with E-state index >= 15 is 0 Å². The van der Waals surface area contributed by atoms with Gasteiger partial charge < -0.3 is 4.74 Å². The lowest BCUT2D eigenvalue weighted by Crippen LogP contribution is -2.13. The van der Waals surface area contributed by atoms with Crippen LogP contribution in [-0.2, 0) is 0 Å². The highest BCUT2D eigenvalue weighted by Crippen LogP contribution is 2.38. The second-order valence-electron chi connectivity index (χ2n) is 10.8. The Labute approximate surface area is 199 Å². The molecular formula is C31H50O. The normalized spacial score (nSPS) is 26.4. The van der Waals surface area contributed by atoms with Crippen molar-refractivity contribution in [1.29, 1.82) is 0 Å². The van der Waals surface area contributed by atoms with Crippen molar-refractivity contribution in [2.24, 2.45) is 17.8 Å². The van der Waals surface area contributed by atoms with Crippen LogP contribution in [0.5, 0.6) is 5.75 Å². The summed E-state index contributed by atoms with van der Waals surface area (Å²) >= 11 is 0. The second-order valence-corrected chi connectivity index (χ2v) is 10.8. The highest BCUT2D eigenvalue weighted by molar-refractivity contribution is 5.30. The number of hydrogen-bond acceptors (Lipinski definition) is 1. The fourth-order valence-electron chi connectivity index (χ4n) is 6.05. The van der Waals surface area contributed by atoms with E-state index < -0.39 is 0 Å². The van der Waals surface area contributed by atoms with Crippen molar-refractivity contribution >= 4 is 0 Å². The molecule has 180 valence electrons. The molecule has 0 radical (unpaired) electrons. The summed E-state index contributed by atoms with van der Waals surface area (Å²) in [7, 11) is 0. The molecule has 0 heterocycles. The first-order chi connectivity index (χ1) is 15.8. The van der Waals surface area contributed by atoms with Crippen LogP contribution in [0.25, 0.3) is 0 Å². The molecule has 3 rings (SSSR count). The van der Waals surface area contributed by atoms with Gasteiger partial charge in [0.2, 0.25) is 0 Å². The molecule has 2 aliphatic carbocycles. The maximum atomic E-state index is 6.01. The van der Waals surface area contributed by atoms with Crippen LogP contribution in [0.3, 0.4) is 0 Å². The topological polar surface area (TPSA) is 9.23 Å². The van der Waals surface area contributed by atoms with Gasteiger partial charge in [0.1, 0.15) is 12.4 Å². The number of ether oxygens (including phenoxy) is 1. The predicted octanol–water partition coefficient (Wildman–Crippen LogP) is 9.86. The third kappa shape index (κ3) is 8.95.